The second kappa shape index (κ2) is 9.02. The molecule has 2 aromatic rings. The number of nitriles is 1. The zero-order valence-electron chi connectivity index (χ0n) is 15.0. The highest BCUT2D eigenvalue weighted by Gasteiger charge is 2.25. The molecule has 0 saturated carbocycles. The maximum atomic E-state index is 12.9. The van der Waals surface area contributed by atoms with Gasteiger partial charge in [0.05, 0.1) is 38.7 Å². The topological polar surface area (TPSA) is 51.8 Å². The molecule has 0 aromatic heterocycles. The fraction of sp³-hybridized carbons (Fsp3) is 0.333. The van der Waals surface area contributed by atoms with Crippen molar-refractivity contribution in [2.24, 2.45) is 0 Å². The Balaban J connectivity index is 1.57. The average Bonchev–Trinajstić information content (AvgIpc) is 2.70. The molecule has 1 aliphatic rings. The summed E-state index contributed by atoms with van der Waals surface area (Å²) < 4.78 is 0. The van der Waals surface area contributed by atoms with Crippen molar-refractivity contribution in [2.45, 2.75) is 6.42 Å². The zero-order chi connectivity index (χ0) is 18.2. The van der Waals surface area contributed by atoms with Crippen molar-refractivity contribution in [3.05, 3.63) is 60.7 Å². The summed E-state index contributed by atoms with van der Waals surface area (Å²) in [6.07, 6.45) is 0.345. The van der Waals surface area contributed by atoms with Gasteiger partial charge < -0.3 is 14.7 Å². The van der Waals surface area contributed by atoms with Crippen LogP contribution in [0, 0.1) is 11.3 Å². The van der Waals surface area contributed by atoms with Crippen LogP contribution < -0.4 is 14.7 Å². The van der Waals surface area contributed by atoms with Crippen molar-refractivity contribution in [3.63, 3.8) is 0 Å². The summed E-state index contributed by atoms with van der Waals surface area (Å²) in [6.45, 7) is 4.72. The number of quaternary nitrogens is 1. The van der Waals surface area contributed by atoms with Crippen molar-refractivity contribution in [1.82, 2.24) is 0 Å². The van der Waals surface area contributed by atoms with Crippen LogP contribution in [0.3, 0.4) is 0 Å². The molecule has 0 unspecified atom stereocenters. The third-order valence-corrected chi connectivity index (χ3v) is 4.81. The Kier molecular flexibility index (Phi) is 6.24. The molecular weight excluding hydrogens is 324 g/mol. The van der Waals surface area contributed by atoms with Crippen LogP contribution in [0.2, 0.25) is 0 Å². The van der Waals surface area contributed by atoms with Crippen LogP contribution in [0.25, 0.3) is 0 Å². The summed E-state index contributed by atoms with van der Waals surface area (Å²) in [6, 6.07) is 22.2. The van der Waals surface area contributed by atoms with E-state index < -0.39 is 0 Å². The summed E-state index contributed by atoms with van der Waals surface area (Å²) in [5.41, 5.74) is 2.12. The van der Waals surface area contributed by atoms with E-state index in [9.17, 15) is 4.79 Å². The molecule has 0 aliphatic carbocycles. The van der Waals surface area contributed by atoms with E-state index in [1.165, 1.54) is 10.6 Å². The number of carbonyl (C=O) groups excluding carboxylic acids is 1. The molecule has 1 N–H and O–H groups in total. The number of anilines is 2. The molecule has 1 saturated heterocycles. The number of hydrogen-bond donors (Lipinski definition) is 1. The third-order valence-electron chi connectivity index (χ3n) is 4.81. The lowest BCUT2D eigenvalue weighted by atomic mass is 10.2. The van der Waals surface area contributed by atoms with E-state index in [1.54, 1.807) is 4.90 Å². The number of carbonyl (C=O) groups is 1. The monoisotopic (exact) mass is 349 g/mol. The molecular formula is C21H25N4O+. The molecule has 5 heteroatoms. The Bertz CT molecular complexity index is 734. The Hall–Kier alpha value is -2.84. The predicted octanol–water partition coefficient (Wildman–Crippen LogP) is 1.34. The van der Waals surface area contributed by atoms with Crippen molar-refractivity contribution in [2.75, 3.05) is 49.1 Å². The van der Waals surface area contributed by atoms with Crippen LogP contribution in [-0.2, 0) is 4.79 Å². The minimum atomic E-state index is 0.0922. The fourth-order valence-electron chi connectivity index (χ4n) is 3.37. The zero-order valence-corrected chi connectivity index (χ0v) is 15.0. The lowest BCUT2D eigenvalue weighted by molar-refractivity contribution is -0.892. The molecule has 1 heterocycles. The van der Waals surface area contributed by atoms with E-state index in [4.69, 9.17) is 5.26 Å². The van der Waals surface area contributed by atoms with Gasteiger partial charge in [0.2, 0.25) is 0 Å². The summed E-state index contributed by atoms with van der Waals surface area (Å²) in [7, 11) is 0. The molecule has 0 radical (unpaired) electrons. The normalized spacial score (nSPS) is 14.7. The highest BCUT2D eigenvalue weighted by molar-refractivity contribution is 5.94. The van der Waals surface area contributed by atoms with Gasteiger partial charge >= 0.3 is 0 Å². The first-order chi connectivity index (χ1) is 12.8. The number of hydrogen-bond acceptors (Lipinski definition) is 3. The molecule has 0 atom stereocenters. The summed E-state index contributed by atoms with van der Waals surface area (Å²) >= 11 is 0. The van der Waals surface area contributed by atoms with E-state index in [2.05, 4.69) is 35.2 Å². The predicted molar refractivity (Wildman–Crippen MR) is 103 cm³/mol. The lowest BCUT2D eigenvalue weighted by Crippen LogP contribution is -3.16. The number of nitrogens with zero attached hydrogens (tertiary/aromatic N) is 3. The molecule has 1 amide bonds. The Morgan fingerprint density at radius 3 is 2.27 bits per heavy atom. The molecule has 0 spiro atoms. The van der Waals surface area contributed by atoms with Gasteiger partial charge in [0, 0.05) is 17.9 Å². The lowest BCUT2D eigenvalue weighted by Gasteiger charge is -2.34. The molecule has 1 fully saturated rings. The van der Waals surface area contributed by atoms with Crippen molar-refractivity contribution in [1.29, 1.82) is 5.26 Å². The SMILES string of the molecule is N#CCCN(C(=O)C[NH+]1CCN(c2ccccc2)CC1)c1ccccc1. The molecule has 134 valence electrons. The molecule has 0 bridgehead atoms. The molecule has 5 nitrogen and oxygen atoms in total. The van der Waals surface area contributed by atoms with Crippen LogP contribution in [0.1, 0.15) is 6.42 Å². The van der Waals surface area contributed by atoms with Crippen LogP contribution in [0.4, 0.5) is 11.4 Å². The first kappa shape index (κ1) is 18.0. The van der Waals surface area contributed by atoms with E-state index in [1.807, 2.05) is 36.4 Å². The minimum Gasteiger partial charge on any atom is -0.360 e. The second-order valence-electron chi connectivity index (χ2n) is 6.54. The summed E-state index contributed by atoms with van der Waals surface area (Å²) in [5.74, 6) is 0.0922. The van der Waals surface area contributed by atoms with Gasteiger partial charge in [-0.15, -0.1) is 0 Å². The third kappa shape index (κ3) is 4.62. The number of benzene rings is 2. The first-order valence-corrected chi connectivity index (χ1v) is 9.14. The van der Waals surface area contributed by atoms with Crippen LogP contribution in [-0.4, -0.2) is 45.2 Å². The van der Waals surface area contributed by atoms with E-state index >= 15 is 0 Å². The van der Waals surface area contributed by atoms with Gasteiger partial charge in [0.25, 0.3) is 5.91 Å². The molecule has 2 aromatic carbocycles. The summed E-state index contributed by atoms with van der Waals surface area (Å²) in [5, 5.41) is 8.90. The molecule has 3 rings (SSSR count). The van der Waals surface area contributed by atoms with Gasteiger partial charge in [-0.05, 0) is 24.3 Å². The standard InChI is InChI=1S/C21H24N4O/c22-12-7-13-25(20-10-5-2-6-11-20)21(26)18-23-14-16-24(17-15-23)19-8-3-1-4-9-19/h1-6,8-11H,7,13-18H2/p+1. The van der Waals surface area contributed by atoms with Gasteiger partial charge in [0.1, 0.15) is 0 Å². The van der Waals surface area contributed by atoms with Crippen molar-refractivity contribution < 1.29 is 9.69 Å². The second-order valence-corrected chi connectivity index (χ2v) is 6.54. The quantitative estimate of drug-likeness (QED) is 0.856. The number of para-hydroxylation sites is 2. The molecule has 26 heavy (non-hydrogen) atoms. The first-order valence-electron chi connectivity index (χ1n) is 9.14. The van der Waals surface area contributed by atoms with Crippen LogP contribution >= 0.6 is 0 Å². The van der Waals surface area contributed by atoms with E-state index in [0.29, 0.717) is 19.5 Å². The van der Waals surface area contributed by atoms with Gasteiger partial charge in [-0.2, -0.15) is 5.26 Å². The largest absolute Gasteiger partial charge is 0.360 e. The highest BCUT2D eigenvalue weighted by atomic mass is 16.2. The van der Waals surface area contributed by atoms with Crippen molar-refractivity contribution in [3.8, 4) is 6.07 Å². The Labute approximate surface area is 155 Å². The Morgan fingerprint density at radius 2 is 1.65 bits per heavy atom. The number of nitrogens with one attached hydrogen (secondary N) is 1. The van der Waals surface area contributed by atoms with Gasteiger partial charge in [-0.25, -0.2) is 0 Å². The van der Waals surface area contributed by atoms with Gasteiger partial charge in [-0.3, -0.25) is 4.79 Å². The maximum Gasteiger partial charge on any atom is 0.282 e. The number of amides is 1. The fourth-order valence-corrected chi connectivity index (χ4v) is 3.37. The number of piperazine rings is 1. The number of rotatable bonds is 6. The van der Waals surface area contributed by atoms with E-state index in [0.717, 1.165) is 31.9 Å². The Morgan fingerprint density at radius 1 is 1.04 bits per heavy atom. The summed E-state index contributed by atoms with van der Waals surface area (Å²) in [4.78, 5) is 18.3. The van der Waals surface area contributed by atoms with Gasteiger partial charge in [-0.1, -0.05) is 36.4 Å². The molecule has 1 aliphatic heterocycles. The maximum absolute atomic E-state index is 12.9. The van der Waals surface area contributed by atoms with Gasteiger partial charge in [0.15, 0.2) is 6.54 Å². The average molecular weight is 349 g/mol. The smallest absolute Gasteiger partial charge is 0.282 e. The van der Waals surface area contributed by atoms with Crippen molar-refractivity contribution >= 4 is 17.3 Å². The highest BCUT2D eigenvalue weighted by Crippen LogP contribution is 2.14. The minimum absolute atomic E-state index is 0.0922. The van der Waals surface area contributed by atoms with Crippen LogP contribution in [0.5, 0.6) is 0 Å². The van der Waals surface area contributed by atoms with Crippen LogP contribution in [0.15, 0.2) is 60.7 Å². The van der Waals surface area contributed by atoms with E-state index in [-0.39, 0.29) is 5.91 Å².